The van der Waals surface area contributed by atoms with Crippen molar-refractivity contribution in [2.24, 2.45) is 0 Å². The van der Waals surface area contributed by atoms with Gasteiger partial charge in [0.05, 0.1) is 13.3 Å². The Morgan fingerprint density at radius 2 is 2.00 bits per heavy atom. The Morgan fingerprint density at radius 3 is 2.72 bits per heavy atom. The number of methoxy groups -OCH3 is 1. The van der Waals surface area contributed by atoms with Gasteiger partial charge in [-0.2, -0.15) is 0 Å². The van der Waals surface area contributed by atoms with Crippen molar-refractivity contribution in [3.05, 3.63) is 42.4 Å². The number of hydrogen-bond donors (Lipinski definition) is 0. The van der Waals surface area contributed by atoms with Crippen LogP contribution in [0.5, 0.6) is 11.6 Å². The first-order valence-corrected chi connectivity index (χ1v) is 8.45. The molecule has 0 radical (unpaired) electrons. The average molecular weight is 339 g/mol. The zero-order valence-electron chi connectivity index (χ0n) is 14.4. The van der Waals surface area contributed by atoms with E-state index >= 15 is 0 Å². The van der Waals surface area contributed by atoms with Crippen LogP contribution >= 0.6 is 0 Å². The molecular weight excluding hydrogens is 318 g/mol. The second-order valence-corrected chi connectivity index (χ2v) is 6.22. The minimum atomic E-state index is 0.198. The fourth-order valence-corrected chi connectivity index (χ4v) is 3.18. The number of aryl methyl sites for hydroxylation is 1. The molecule has 25 heavy (non-hydrogen) atoms. The van der Waals surface area contributed by atoms with Crippen molar-refractivity contribution in [3.63, 3.8) is 0 Å². The molecule has 0 amide bonds. The van der Waals surface area contributed by atoms with Gasteiger partial charge in [-0.05, 0) is 24.6 Å². The Balaban J connectivity index is 1.40. The topological polar surface area (TPSA) is 64.8 Å². The normalized spacial score (nSPS) is 15.5. The Kier molecular flexibility index (Phi) is 4.13. The van der Waals surface area contributed by atoms with E-state index in [0.29, 0.717) is 5.88 Å². The minimum Gasteiger partial charge on any atom is -0.489 e. The number of pyridine rings is 1. The van der Waals surface area contributed by atoms with E-state index in [1.165, 1.54) is 0 Å². The third-order valence-corrected chi connectivity index (χ3v) is 4.51. The van der Waals surface area contributed by atoms with Crippen LogP contribution in [0.15, 0.2) is 36.8 Å². The van der Waals surface area contributed by atoms with E-state index in [4.69, 9.17) is 14.6 Å². The first-order chi connectivity index (χ1) is 12.2. The van der Waals surface area contributed by atoms with Crippen LogP contribution in [-0.4, -0.2) is 45.9 Å². The number of imidazole rings is 1. The maximum atomic E-state index is 6.05. The predicted octanol–water partition coefficient (Wildman–Crippen LogP) is 2.49. The maximum Gasteiger partial charge on any atom is 0.213 e. The van der Waals surface area contributed by atoms with Gasteiger partial charge in [-0.15, -0.1) is 5.10 Å². The quantitative estimate of drug-likeness (QED) is 0.728. The molecule has 7 heteroatoms. The zero-order valence-corrected chi connectivity index (χ0v) is 14.4. The zero-order chi connectivity index (χ0) is 17.2. The molecule has 1 aliphatic rings. The molecule has 0 unspecified atom stereocenters. The number of rotatable bonds is 4. The summed E-state index contributed by atoms with van der Waals surface area (Å²) in [5.74, 6) is 2.40. The number of anilines is 1. The Bertz CT molecular complexity index is 854. The summed E-state index contributed by atoms with van der Waals surface area (Å²) in [7, 11) is 1.61. The van der Waals surface area contributed by atoms with Crippen LogP contribution < -0.4 is 14.4 Å². The lowest BCUT2D eigenvalue weighted by molar-refractivity contribution is 0.169. The summed E-state index contributed by atoms with van der Waals surface area (Å²) in [6, 6.07) is 5.79. The van der Waals surface area contributed by atoms with Crippen molar-refractivity contribution < 1.29 is 9.47 Å². The van der Waals surface area contributed by atoms with E-state index in [2.05, 4.69) is 27.9 Å². The third-order valence-electron chi connectivity index (χ3n) is 4.51. The molecule has 0 spiro atoms. The molecule has 3 aromatic rings. The summed E-state index contributed by atoms with van der Waals surface area (Å²) in [6.45, 7) is 3.92. The predicted molar refractivity (Wildman–Crippen MR) is 94.4 cm³/mol. The highest BCUT2D eigenvalue weighted by Crippen LogP contribution is 2.25. The first-order valence-electron chi connectivity index (χ1n) is 8.45. The number of aromatic nitrogens is 4. The van der Waals surface area contributed by atoms with Crippen LogP contribution in [0.2, 0.25) is 0 Å². The molecule has 1 aliphatic heterocycles. The number of nitrogens with zero attached hydrogens (tertiary/aromatic N) is 5. The number of fused-ring (bicyclic) bond motifs is 1. The van der Waals surface area contributed by atoms with Gasteiger partial charge in [0, 0.05) is 44.4 Å². The van der Waals surface area contributed by atoms with Crippen molar-refractivity contribution in [2.45, 2.75) is 25.9 Å². The summed E-state index contributed by atoms with van der Waals surface area (Å²) in [6.07, 6.45) is 7.47. The molecule has 0 atom stereocenters. The van der Waals surface area contributed by atoms with Crippen LogP contribution in [0, 0.1) is 6.92 Å². The largest absolute Gasteiger partial charge is 0.489 e. The Hall–Kier alpha value is -2.83. The Morgan fingerprint density at radius 1 is 1.16 bits per heavy atom. The van der Waals surface area contributed by atoms with Gasteiger partial charge in [-0.3, -0.25) is 0 Å². The molecule has 0 N–H and O–H groups in total. The van der Waals surface area contributed by atoms with E-state index in [1.807, 2.05) is 22.8 Å². The Labute approximate surface area is 146 Å². The van der Waals surface area contributed by atoms with Gasteiger partial charge in [0.1, 0.15) is 11.9 Å². The van der Waals surface area contributed by atoms with Crippen LogP contribution in [0.3, 0.4) is 0 Å². The molecule has 7 nitrogen and oxygen atoms in total. The van der Waals surface area contributed by atoms with E-state index in [-0.39, 0.29) is 6.10 Å². The van der Waals surface area contributed by atoms with Crippen LogP contribution in [0.25, 0.3) is 5.65 Å². The molecule has 0 saturated carbocycles. The summed E-state index contributed by atoms with van der Waals surface area (Å²) < 4.78 is 12.9. The molecule has 1 fully saturated rings. The SMILES string of the molecule is COc1ccc(OC2CCN(c3nn4ccnc4cc3C)CC2)cn1. The number of piperidine rings is 1. The van der Waals surface area contributed by atoms with Gasteiger partial charge in [0.15, 0.2) is 11.5 Å². The second-order valence-electron chi connectivity index (χ2n) is 6.22. The average Bonchev–Trinajstić information content (AvgIpc) is 3.09. The van der Waals surface area contributed by atoms with Gasteiger partial charge >= 0.3 is 0 Å². The molecule has 0 aromatic carbocycles. The summed E-state index contributed by atoms with van der Waals surface area (Å²) in [5.41, 5.74) is 2.03. The van der Waals surface area contributed by atoms with E-state index in [9.17, 15) is 0 Å². The van der Waals surface area contributed by atoms with Crippen LogP contribution in [0.4, 0.5) is 5.82 Å². The van der Waals surface area contributed by atoms with E-state index < -0.39 is 0 Å². The van der Waals surface area contributed by atoms with Gasteiger partial charge in [-0.25, -0.2) is 14.5 Å². The van der Waals surface area contributed by atoms with Crippen molar-refractivity contribution in [1.82, 2.24) is 19.6 Å². The van der Waals surface area contributed by atoms with Gasteiger partial charge in [-0.1, -0.05) is 0 Å². The lowest BCUT2D eigenvalue weighted by Gasteiger charge is -2.33. The molecular formula is C18H21N5O2. The van der Waals surface area contributed by atoms with Gasteiger partial charge in [0.2, 0.25) is 5.88 Å². The number of ether oxygens (including phenoxy) is 2. The highest BCUT2D eigenvalue weighted by atomic mass is 16.5. The second kappa shape index (κ2) is 6.58. The van der Waals surface area contributed by atoms with Crippen molar-refractivity contribution in [3.8, 4) is 11.6 Å². The smallest absolute Gasteiger partial charge is 0.213 e. The molecule has 130 valence electrons. The van der Waals surface area contributed by atoms with Gasteiger partial charge in [0.25, 0.3) is 0 Å². The maximum absolute atomic E-state index is 6.05. The summed E-state index contributed by atoms with van der Waals surface area (Å²) >= 11 is 0. The highest BCUT2D eigenvalue weighted by Gasteiger charge is 2.23. The molecule has 1 saturated heterocycles. The van der Waals surface area contributed by atoms with Crippen LogP contribution in [0.1, 0.15) is 18.4 Å². The fraction of sp³-hybridized carbons (Fsp3) is 0.389. The third kappa shape index (κ3) is 3.22. The summed E-state index contributed by atoms with van der Waals surface area (Å²) in [4.78, 5) is 10.8. The highest BCUT2D eigenvalue weighted by molar-refractivity contribution is 5.52. The molecule has 4 rings (SSSR count). The minimum absolute atomic E-state index is 0.198. The molecule has 3 aromatic heterocycles. The van der Waals surface area contributed by atoms with Crippen molar-refractivity contribution in [1.29, 1.82) is 0 Å². The van der Waals surface area contributed by atoms with E-state index in [1.54, 1.807) is 19.5 Å². The van der Waals surface area contributed by atoms with Crippen LogP contribution in [-0.2, 0) is 0 Å². The van der Waals surface area contributed by atoms with E-state index in [0.717, 1.165) is 48.7 Å². The molecule has 0 bridgehead atoms. The summed E-state index contributed by atoms with van der Waals surface area (Å²) in [5, 5.41) is 4.70. The lowest BCUT2D eigenvalue weighted by Crippen LogP contribution is -2.39. The molecule has 0 aliphatic carbocycles. The monoisotopic (exact) mass is 339 g/mol. The molecule has 4 heterocycles. The van der Waals surface area contributed by atoms with Gasteiger partial charge < -0.3 is 14.4 Å². The van der Waals surface area contributed by atoms with Crippen molar-refractivity contribution >= 4 is 11.5 Å². The fourth-order valence-electron chi connectivity index (χ4n) is 3.18. The lowest BCUT2D eigenvalue weighted by atomic mass is 10.1. The first kappa shape index (κ1) is 15.7. The standard InChI is InChI=1S/C18H21N5O2/c1-13-11-16-19-7-10-23(16)21-18(13)22-8-5-14(6-9-22)25-15-3-4-17(24-2)20-12-15/h3-4,7,10-12,14H,5-6,8-9H2,1-2H3. The number of hydrogen-bond acceptors (Lipinski definition) is 6. The van der Waals surface area contributed by atoms with Crippen molar-refractivity contribution in [2.75, 3.05) is 25.1 Å².